The average Bonchev–Trinajstić information content (AvgIpc) is 3.43. The summed E-state index contributed by atoms with van der Waals surface area (Å²) in [4.78, 5) is 18.7. The Labute approximate surface area is 165 Å². The quantitative estimate of drug-likeness (QED) is 0.789. The molecular formula is C21H27N5O2. The number of fused-ring (bicyclic) bond motifs is 1. The Morgan fingerprint density at radius 1 is 1.18 bits per heavy atom. The molecule has 3 aliphatic rings. The fraction of sp³-hybridized carbons (Fsp3) is 0.571. The number of aromatic nitrogens is 3. The van der Waals surface area contributed by atoms with E-state index in [1.165, 1.54) is 19.3 Å². The minimum atomic E-state index is 0.646. The van der Waals surface area contributed by atoms with Gasteiger partial charge in [0.25, 0.3) is 0 Å². The second kappa shape index (κ2) is 8.01. The van der Waals surface area contributed by atoms with Crippen LogP contribution in [0.25, 0.3) is 0 Å². The van der Waals surface area contributed by atoms with Crippen LogP contribution in [0.2, 0.25) is 0 Å². The first-order valence-corrected chi connectivity index (χ1v) is 10.4. The molecule has 2 saturated heterocycles. The maximum Gasteiger partial charge on any atom is 0.228 e. The molecule has 2 aromatic rings. The maximum atomic E-state index is 6.17. The van der Waals surface area contributed by atoms with E-state index in [2.05, 4.69) is 14.8 Å². The second-order valence-corrected chi connectivity index (χ2v) is 7.95. The van der Waals surface area contributed by atoms with Gasteiger partial charge in [0.15, 0.2) is 0 Å². The topological polar surface area (TPSA) is 63.6 Å². The van der Waals surface area contributed by atoms with Crippen LogP contribution in [0.4, 0.5) is 5.95 Å². The molecule has 0 unspecified atom stereocenters. The normalized spacial score (nSPS) is 22.4. The van der Waals surface area contributed by atoms with Gasteiger partial charge in [0, 0.05) is 51.1 Å². The lowest BCUT2D eigenvalue weighted by Gasteiger charge is -2.31. The third-order valence-corrected chi connectivity index (χ3v) is 5.87. The van der Waals surface area contributed by atoms with E-state index in [-0.39, 0.29) is 0 Å². The molecule has 0 spiro atoms. The smallest absolute Gasteiger partial charge is 0.228 e. The number of rotatable bonds is 5. The highest BCUT2D eigenvalue weighted by atomic mass is 16.5. The third kappa shape index (κ3) is 3.82. The maximum absolute atomic E-state index is 6.17. The molecule has 2 aromatic heterocycles. The van der Waals surface area contributed by atoms with E-state index < -0.39 is 0 Å². The summed E-state index contributed by atoms with van der Waals surface area (Å²) in [6, 6.07) is 3.81. The summed E-state index contributed by atoms with van der Waals surface area (Å²) in [5.74, 6) is 2.87. The molecular weight excluding hydrogens is 354 g/mol. The van der Waals surface area contributed by atoms with Crippen LogP contribution in [-0.2, 0) is 17.7 Å². The lowest BCUT2D eigenvalue weighted by molar-refractivity contribution is 0.161. The molecule has 3 aliphatic heterocycles. The Bertz CT molecular complexity index is 804. The zero-order valence-electron chi connectivity index (χ0n) is 16.2. The van der Waals surface area contributed by atoms with Gasteiger partial charge in [-0.2, -0.15) is 4.98 Å². The van der Waals surface area contributed by atoms with Crippen LogP contribution < -0.4 is 9.64 Å². The van der Waals surface area contributed by atoms with Gasteiger partial charge in [0.2, 0.25) is 11.8 Å². The predicted octanol–water partition coefficient (Wildman–Crippen LogP) is 2.66. The van der Waals surface area contributed by atoms with Crippen LogP contribution in [0.15, 0.2) is 24.5 Å². The summed E-state index contributed by atoms with van der Waals surface area (Å²) in [6.45, 7) is 6.79. The molecule has 0 N–H and O–H groups in total. The van der Waals surface area contributed by atoms with Crippen LogP contribution in [0.3, 0.4) is 0 Å². The van der Waals surface area contributed by atoms with Gasteiger partial charge < -0.3 is 14.4 Å². The summed E-state index contributed by atoms with van der Waals surface area (Å²) in [5.41, 5.74) is 2.26. The largest absolute Gasteiger partial charge is 0.437 e. The lowest BCUT2D eigenvalue weighted by atomic mass is 10.0. The number of nitrogens with zero attached hydrogens (tertiary/aromatic N) is 5. The molecule has 2 fully saturated rings. The van der Waals surface area contributed by atoms with Gasteiger partial charge in [0.1, 0.15) is 5.75 Å². The second-order valence-electron chi connectivity index (χ2n) is 7.95. The molecule has 5 heterocycles. The summed E-state index contributed by atoms with van der Waals surface area (Å²) >= 11 is 0. The Morgan fingerprint density at radius 3 is 2.89 bits per heavy atom. The molecule has 7 heteroatoms. The summed E-state index contributed by atoms with van der Waals surface area (Å²) < 4.78 is 11.7. The van der Waals surface area contributed by atoms with E-state index in [0.717, 1.165) is 75.3 Å². The molecule has 5 rings (SSSR count). The molecule has 7 nitrogen and oxygen atoms in total. The minimum Gasteiger partial charge on any atom is -0.437 e. The van der Waals surface area contributed by atoms with Gasteiger partial charge in [-0.15, -0.1) is 0 Å². The number of pyridine rings is 1. The van der Waals surface area contributed by atoms with Crippen LogP contribution in [0.5, 0.6) is 11.6 Å². The van der Waals surface area contributed by atoms with Crippen molar-refractivity contribution in [1.29, 1.82) is 0 Å². The molecule has 1 atom stereocenters. The Hall–Kier alpha value is -2.25. The van der Waals surface area contributed by atoms with E-state index in [0.29, 0.717) is 11.8 Å². The Morgan fingerprint density at radius 2 is 2.11 bits per heavy atom. The highest BCUT2D eigenvalue weighted by Gasteiger charge is 2.28. The molecule has 28 heavy (non-hydrogen) atoms. The highest BCUT2D eigenvalue weighted by molar-refractivity contribution is 5.43. The lowest BCUT2D eigenvalue weighted by Crippen LogP contribution is -2.36. The monoisotopic (exact) mass is 381 g/mol. The van der Waals surface area contributed by atoms with Gasteiger partial charge in [-0.1, -0.05) is 0 Å². The van der Waals surface area contributed by atoms with Crippen LogP contribution in [0, 0.1) is 5.92 Å². The predicted molar refractivity (Wildman–Crippen MR) is 106 cm³/mol. The molecule has 0 bridgehead atoms. The fourth-order valence-electron chi connectivity index (χ4n) is 4.35. The first kappa shape index (κ1) is 17.8. The first-order valence-electron chi connectivity index (χ1n) is 10.4. The minimum absolute atomic E-state index is 0.646. The van der Waals surface area contributed by atoms with Gasteiger partial charge in [0.05, 0.1) is 18.5 Å². The average molecular weight is 381 g/mol. The van der Waals surface area contributed by atoms with Crippen molar-refractivity contribution in [2.75, 3.05) is 44.3 Å². The van der Waals surface area contributed by atoms with Crippen molar-refractivity contribution in [3.63, 3.8) is 0 Å². The van der Waals surface area contributed by atoms with Crippen molar-refractivity contribution in [3.8, 4) is 11.6 Å². The number of hydrogen-bond acceptors (Lipinski definition) is 7. The highest BCUT2D eigenvalue weighted by Crippen LogP contribution is 2.32. The van der Waals surface area contributed by atoms with E-state index in [9.17, 15) is 0 Å². The molecule has 0 saturated carbocycles. The van der Waals surface area contributed by atoms with E-state index >= 15 is 0 Å². The number of hydrogen-bond donors (Lipinski definition) is 0. The van der Waals surface area contributed by atoms with E-state index in [1.807, 2.05) is 12.1 Å². The van der Waals surface area contributed by atoms with Crippen LogP contribution >= 0.6 is 0 Å². The van der Waals surface area contributed by atoms with Crippen molar-refractivity contribution in [1.82, 2.24) is 19.9 Å². The van der Waals surface area contributed by atoms with E-state index in [1.54, 1.807) is 12.4 Å². The SMILES string of the molecule is c1cncc(Oc2nc(N3CCCC3)nc3c2CCN(C[C@H]2CCOC2)C3)c1. The first-order chi connectivity index (χ1) is 13.8. The van der Waals surface area contributed by atoms with Gasteiger partial charge in [-0.3, -0.25) is 9.88 Å². The number of anilines is 1. The molecule has 0 radical (unpaired) electrons. The number of ether oxygens (including phenoxy) is 2. The molecule has 0 aliphatic carbocycles. The molecule has 148 valence electrons. The van der Waals surface area contributed by atoms with Gasteiger partial charge >= 0.3 is 0 Å². The molecule has 0 aromatic carbocycles. The fourth-order valence-corrected chi connectivity index (χ4v) is 4.35. The van der Waals surface area contributed by atoms with Crippen molar-refractivity contribution in [3.05, 3.63) is 35.8 Å². The zero-order valence-corrected chi connectivity index (χ0v) is 16.2. The van der Waals surface area contributed by atoms with Gasteiger partial charge in [-0.25, -0.2) is 4.98 Å². The standard InChI is InChI=1S/C21H27N5O2/c1-2-9-26(8-1)21-23-19-14-25(13-16-6-11-27-15-16)10-5-18(19)20(24-21)28-17-4-3-7-22-12-17/h3-4,7,12,16H,1-2,5-6,8-11,13-15H2/t16-/m1/s1. The van der Waals surface area contributed by atoms with Crippen molar-refractivity contribution in [2.24, 2.45) is 5.92 Å². The molecule has 0 amide bonds. The summed E-state index contributed by atoms with van der Waals surface area (Å²) in [7, 11) is 0. The summed E-state index contributed by atoms with van der Waals surface area (Å²) in [5, 5.41) is 0. The van der Waals surface area contributed by atoms with Gasteiger partial charge in [-0.05, 0) is 43.7 Å². The third-order valence-electron chi connectivity index (χ3n) is 5.87. The zero-order chi connectivity index (χ0) is 18.8. The van der Waals surface area contributed by atoms with Crippen molar-refractivity contribution in [2.45, 2.75) is 32.2 Å². The van der Waals surface area contributed by atoms with Crippen LogP contribution in [0.1, 0.15) is 30.5 Å². The van der Waals surface area contributed by atoms with Crippen LogP contribution in [-0.4, -0.2) is 59.2 Å². The van der Waals surface area contributed by atoms with Crippen molar-refractivity contribution < 1.29 is 9.47 Å². The summed E-state index contributed by atoms with van der Waals surface area (Å²) in [6.07, 6.45) is 7.97. The Kier molecular flexibility index (Phi) is 5.10. The van der Waals surface area contributed by atoms with Crippen molar-refractivity contribution >= 4 is 5.95 Å². The Balaban J connectivity index is 1.42. The van der Waals surface area contributed by atoms with E-state index in [4.69, 9.17) is 19.4 Å².